The first-order valence-electron chi connectivity index (χ1n) is 8.67. The summed E-state index contributed by atoms with van der Waals surface area (Å²) in [6, 6.07) is 15.9. The van der Waals surface area contributed by atoms with Crippen molar-refractivity contribution in [3.8, 4) is 0 Å². The van der Waals surface area contributed by atoms with Crippen LogP contribution >= 0.6 is 11.6 Å². The summed E-state index contributed by atoms with van der Waals surface area (Å²) in [5.74, 6) is 0. The first-order valence-corrected chi connectivity index (χ1v) is 9.05. The molecule has 0 saturated carbocycles. The van der Waals surface area contributed by atoms with Gasteiger partial charge in [0.15, 0.2) is 0 Å². The number of halogens is 1. The van der Waals surface area contributed by atoms with Crippen LogP contribution in [-0.2, 0) is 13.0 Å². The van der Waals surface area contributed by atoms with Gasteiger partial charge < -0.3 is 5.32 Å². The van der Waals surface area contributed by atoms with Crippen LogP contribution in [0.5, 0.6) is 0 Å². The van der Waals surface area contributed by atoms with Gasteiger partial charge in [-0.3, -0.25) is 4.79 Å². The summed E-state index contributed by atoms with van der Waals surface area (Å²) in [7, 11) is 0. The van der Waals surface area contributed by atoms with Gasteiger partial charge in [-0.2, -0.15) is 5.10 Å². The Kier molecular flexibility index (Phi) is 4.55. The maximum absolute atomic E-state index is 12.8. The topological polar surface area (TPSA) is 46.9 Å². The molecular weight excluding hydrogens is 334 g/mol. The Bertz CT molecular complexity index is 943. The van der Waals surface area contributed by atoms with Crippen LogP contribution in [0.4, 0.5) is 0 Å². The number of hydrogen-bond acceptors (Lipinski definition) is 3. The van der Waals surface area contributed by atoms with Gasteiger partial charge in [0.05, 0.1) is 17.6 Å². The lowest BCUT2D eigenvalue weighted by molar-refractivity contribution is 0.458. The van der Waals surface area contributed by atoms with Crippen molar-refractivity contribution >= 4 is 22.4 Å². The van der Waals surface area contributed by atoms with Crippen LogP contribution in [0.15, 0.2) is 53.3 Å². The molecule has 0 amide bonds. The quantitative estimate of drug-likeness (QED) is 0.782. The predicted molar refractivity (Wildman–Crippen MR) is 101 cm³/mol. The van der Waals surface area contributed by atoms with Crippen molar-refractivity contribution in [1.82, 2.24) is 15.1 Å². The minimum absolute atomic E-state index is 0.0100. The molecule has 4 rings (SSSR count). The highest BCUT2D eigenvalue weighted by Gasteiger charge is 2.18. The molecule has 128 valence electrons. The van der Waals surface area contributed by atoms with E-state index in [0.29, 0.717) is 19.0 Å². The van der Waals surface area contributed by atoms with Crippen LogP contribution in [0.25, 0.3) is 10.8 Å². The summed E-state index contributed by atoms with van der Waals surface area (Å²) >= 11 is 5.98. The van der Waals surface area contributed by atoms with Gasteiger partial charge in [-0.1, -0.05) is 41.9 Å². The molecule has 1 saturated heterocycles. The first kappa shape index (κ1) is 16.3. The van der Waals surface area contributed by atoms with E-state index in [9.17, 15) is 4.79 Å². The molecule has 2 aromatic carbocycles. The van der Waals surface area contributed by atoms with E-state index in [0.717, 1.165) is 46.4 Å². The molecule has 2 heterocycles. The molecule has 1 atom stereocenters. The average Bonchev–Trinajstić information content (AvgIpc) is 3.14. The Morgan fingerprint density at radius 3 is 2.60 bits per heavy atom. The Labute approximate surface area is 151 Å². The SMILES string of the molecule is O=c1c2ccccc2c(Cc2ccc(Cl)cc2)nn1C[C@@H]1CCCN1. The Morgan fingerprint density at radius 1 is 1.12 bits per heavy atom. The van der Waals surface area contributed by atoms with Gasteiger partial charge in [0.2, 0.25) is 0 Å². The van der Waals surface area contributed by atoms with E-state index in [-0.39, 0.29) is 5.56 Å². The zero-order valence-electron chi connectivity index (χ0n) is 13.9. The molecular formula is C20H20ClN3O. The lowest BCUT2D eigenvalue weighted by Gasteiger charge is -2.15. The van der Waals surface area contributed by atoms with Crippen LogP contribution in [-0.4, -0.2) is 22.4 Å². The molecule has 0 bridgehead atoms. The second kappa shape index (κ2) is 6.98. The van der Waals surface area contributed by atoms with Crippen molar-refractivity contribution in [2.24, 2.45) is 0 Å². The molecule has 1 aliphatic rings. The summed E-state index contributed by atoms with van der Waals surface area (Å²) in [6.45, 7) is 1.64. The third-order valence-corrected chi connectivity index (χ3v) is 5.04. The van der Waals surface area contributed by atoms with E-state index in [1.54, 1.807) is 4.68 Å². The second-order valence-electron chi connectivity index (χ2n) is 6.58. The van der Waals surface area contributed by atoms with E-state index in [4.69, 9.17) is 16.7 Å². The number of rotatable bonds is 4. The van der Waals surface area contributed by atoms with E-state index in [1.165, 1.54) is 0 Å². The predicted octanol–water partition coefficient (Wildman–Crippen LogP) is 3.39. The smallest absolute Gasteiger partial charge is 0.274 e. The number of nitrogens with one attached hydrogen (secondary N) is 1. The molecule has 0 aliphatic carbocycles. The molecule has 0 radical (unpaired) electrons. The highest BCUT2D eigenvalue weighted by atomic mass is 35.5. The van der Waals surface area contributed by atoms with Crippen LogP contribution in [0.1, 0.15) is 24.1 Å². The van der Waals surface area contributed by atoms with Crippen molar-refractivity contribution in [2.75, 3.05) is 6.54 Å². The van der Waals surface area contributed by atoms with Crippen molar-refractivity contribution in [1.29, 1.82) is 0 Å². The van der Waals surface area contributed by atoms with Gasteiger partial charge in [-0.15, -0.1) is 0 Å². The zero-order valence-corrected chi connectivity index (χ0v) is 14.7. The standard InChI is InChI=1S/C20H20ClN3O/c21-15-9-7-14(8-10-15)12-19-17-5-1-2-6-18(17)20(25)24(23-19)13-16-4-3-11-22-16/h1-2,5-10,16,22H,3-4,11-13H2/t16-/m0/s1. The summed E-state index contributed by atoms with van der Waals surface area (Å²) in [5, 5.41) is 10.5. The highest BCUT2D eigenvalue weighted by molar-refractivity contribution is 6.30. The molecule has 1 aromatic heterocycles. The Morgan fingerprint density at radius 2 is 1.88 bits per heavy atom. The molecule has 1 aliphatic heterocycles. The molecule has 4 nitrogen and oxygen atoms in total. The number of nitrogens with zero attached hydrogens (tertiary/aromatic N) is 2. The number of benzene rings is 2. The maximum Gasteiger partial charge on any atom is 0.274 e. The van der Waals surface area contributed by atoms with Crippen LogP contribution in [0.2, 0.25) is 5.02 Å². The highest BCUT2D eigenvalue weighted by Crippen LogP contribution is 2.19. The van der Waals surface area contributed by atoms with Gasteiger partial charge in [0.25, 0.3) is 5.56 Å². The number of fused-ring (bicyclic) bond motifs is 1. The third-order valence-electron chi connectivity index (χ3n) is 4.78. The monoisotopic (exact) mass is 353 g/mol. The lowest BCUT2D eigenvalue weighted by atomic mass is 10.0. The van der Waals surface area contributed by atoms with E-state index >= 15 is 0 Å². The molecule has 1 N–H and O–H groups in total. The maximum atomic E-state index is 12.8. The fourth-order valence-corrected chi connectivity index (χ4v) is 3.60. The summed E-state index contributed by atoms with van der Waals surface area (Å²) in [6.07, 6.45) is 2.92. The summed E-state index contributed by atoms with van der Waals surface area (Å²) in [5.41, 5.74) is 2.05. The Balaban J connectivity index is 1.77. The van der Waals surface area contributed by atoms with Gasteiger partial charge >= 0.3 is 0 Å². The fraction of sp³-hybridized carbons (Fsp3) is 0.300. The van der Waals surface area contributed by atoms with Gasteiger partial charge in [-0.05, 0) is 43.1 Å². The van der Waals surface area contributed by atoms with Crippen molar-refractivity contribution in [2.45, 2.75) is 31.8 Å². The Hall–Kier alpha value is -2.17. The number of aromatic nitrogens is 2. The number of hydrogen-bond donors (Lipinski definition) is 1. The summed E-state index contributed by atoms with van der Waals surface area (Å²) in [4.78, 5) is 12.8. The molecule has 5 heteroatoms. The van der Waals surface area contributed by atoms with Crippen LogP contribution in [0.3, 0.4) is 0 Å². The van der Waals surface area contributed by atoms with Gasteiger partial charge in [0, 0.05) is 22.9 Å². The lowest BCUT2D eigenvalue weighted by Crippen LogP contribution is -2.34. The van der Waals surface area contributed by atoms with Crippen molar-refractivity contribution in [3.63, 3.8) is 0 Å². The molecule has 25 heavy (non-hydrogen) atoms. The van der Waals surface area contributed by atoms with Crippen LogP contribution in [0, 0.1) is 0 Å². The molecule has 3 aromatic rings. The van der Waals surface area contributed by atoms with Gasteiger partial charge in [-0.25, -0.2) is 4.68 Å². The zero-order chi connectivity index (χ0) is 17.2. The largest absolute Gasteiger partial charge is 0.312 e. The minimum Gasteiger partial charge on any atom is -0.312 e. The van der Waals surface area contributed by atoms with E-state index in [2.05, 4.69) is 5.32 Å². The second-order valence-corrected chi connectivity index (χ2v) is 7.01. The van der Waals surface area contributed by atoms with E-state index in [1.807, 2.05) is 48.5 Å². The minimum atomic E-state index is -0.0100. The van der Waals surface area contributed by atoms with Gasteiger partial charge in [0.1, 0.15) is 0 Å². The fourth-order valence-electron chi connectivity index (χ4n) is 3.48. The molecule has 1 fully saturated rings. The third kappa shape index (κ3) is 3.46. The molecule has 0 unspecified atom stereocenters. The van der Waals surface area contributed by atoms with Crippen LogP contribution < -0.4 is 10.9 Å². The van der Waals surface area contributed by atoms with Crippen molar-refractivity contribution < 1.29 is 0 Å². The summed E-state index contributed by atoms with van der Waals surface area (Å²) < 4.78 is 1.64. The average molecular weight is 354 g/mol. The van der Waals surface area contributed by atoms with E-state index < -0.39 is 0 Å². The first-order chi connectivity index (χ1) is 12.2. The molecule has 0 spiro atoms. The van der Waals surface area contributed by atoms with Crippen molar-refractivity contribution in [3.05, 3.63) is 75.2 Å². The normalized spacial score (nSPS) is 17.2.